The van der Waals surface area contributed by atoms with Crippen LogP contribution in [0.25, 0.3) is 0 Å². The van der Waals surface area contributed by atoms with Gasteiger partial charge in [0.15, 0.2) is 5.82 Å². The number of phenols is 1. The third kappa shape index (κ3) is 3.27. The lowest BCUT2D eigenvalue weighted by Crippen LogP contribution is -2.26. The minimum Gasteiger partial charge on any atom is -0.507 e. The van der Waals surface area contributed by atoms with E-state index in [0.29, 0.717) is 18.8 Å². The SMILES string of the molecule is Cn1cnc(CCNC(=O)c2cc(F)ccc2O)n1. The highest BCUT2D eigenvalue weighted by Gasteiger charge is 2.11. The Hall–Kier alpha value is -2.44. The molecule has 0 spiro atoms. The van der Waals surface area contributed by atoms with E-state index in [1.807, 2.05) is 0 Å². The molecule has 0 atom stereocenters. The van der Waals surface area contributed by atoms with E-state index in [4.69, 9.17) is 0 Å². The molecule has 1 amide bonds. The molecule has 0 aliphatic heterocycles. The average Bonchev–Trinajstić information content (AvgIpc) is 2.78. The second kappa shape index (κ2) is 5.47. The monoisotopic (exact) mass is 264 g/mol. The topological polar surface area (TPSA) is 80.0 Å². The zero-order chi connectivity index (χ0) is 13.8. The maximum absolute atomic E-state index is 13.0. The Labute approximate surface area is 108 Å². The van der Waals surface area contributed by atoms with E-state index >= 15 is 0 Å². The fraction of sp³-hybridized carbons (Fsp3) is 0.250. The zero-order valence-corrected chi connectivity index (χ0v) is 10.3. The van der Waals surface area contributed by atoms with E-state index < -0.39 is 11.7 Å². The van der Waals surface area contributed by atoms with Gasteiger partial charge in [0.05, 0.1) is 5.56 Å². The van der Waals surface area contributed by atoms with Crippen LogP contribution in [-0.4, -0.2) is 32.3 Å². The fourth-order valence-corrected chi connectivity index (χ4v) is 1.57. The lowest BCUT2D eigenvalue weighted by Gasteiger charge is -2.05. The van der Waals surface area contributed by atoms with Crippen LogP contribution in [0.2, 0.25) is 0 Å². The van der Waals surface area contributed by atoms with Gasteiger partial charge in [-0.3, -0.25) is 9.48 Å². The summed E-state index contributed by atoms with van der Waals surface area (Å²) >= 11 is 0. The molecule has 2 N–H and O–H groups in total. The van der Waals surface area contributed by atoms with Crippen molar-refractivity contribution in [2.24, 2.45) is 7.05 Å². The summed E-state index contributed by atoms with van der Waals surface area (Å²) in [5.74, 6) is -0.761. The Kier molecular flexibility index (Phi) is 3.74. The van der Waals surface area contributed by atoms with Crippen molar-refractivity contribution in [3.8, 4) is 5.75 Å². The Morgan fingerprint density at radius 2 is 2.32 bits per heavy atom. The van der Waals surface area contributed by atoms with E-state index in [9.17, 15) is 14.3 Å². The minimum atomic E-state index is -0.575. The van der Waals surface area contributed by atoms with Crippen molar-refractivity contribution in [3.63, 3.8) is 0 Å². The molecule has 6 nitrogen and oxygen atoms in total. The van der Waals surface area contributed by atoms with Gasteiger partial charge < -0.3 is 10.4 Å². The number of aromatic hydroxyl groups is 1. The molecule has 0 aliphatic carbocycles. The molecular weight excluding hydrogens is 251 g/mol. The quantitative estimate of drug-likeness (QED) is 0.849. The normalized spacial score (nSPS) is 10.4. The van der Waals surface area contributed by atoms with Crippen molar-refractivity contribution in [2.45, 2.75) is 6.42 Å². The van der Waals surface area contributed by atoms with Gasteiger partial charge in [-0.15, -0.1) is 0 Å². The number of carbonyl (C=O) groups is 1. The number of nitrogens with zero attached hydrogens (tertiary/aromatic N) is 3. The van der Waals surface area contributed by atoms with Crippen molar-refractivity contribution in [1.82, 2.24) is 20.1 Å². The molecule has 1 aromatic heterocycles. The van der Waals surface area contributed by atoms with Gasteiger partial charge in [0.1, 0.15) is 17.9 Å². The standard InChI is InChI=1S/C12H13FN4O2/c1-17-7-15-11(16-17)4-5-14-12(19)9-6-8(13)2-3-10(9)18/h2-3,6-7,18H,4-5H2,1H3,(H,14,19). The predicted molar refractivity (Wildman–Crippen MR) is 65.1 cm³/mol. The lowest BCUT2D eigenvalue weighted by atomic mass is 10.2. The summed E-state index contributed by atoms with van der Waals surface area (Å²) in [5, 5.41) is 16.1. The van der Waals surface area contributed by atoms with Gasteiger partial charge in [0.2, 0.25) is 0 Å². The first-order chi connectivity index (χ1) is 9.06. The number of amides is 1. The highest BCUT2D eigenvalue weighted by atomic mass is 19.1. The highest BCUT2D eigenvalue weighted by molar-refractivity contribution is 5.96. The Bertz CT molecular complexity index is 597. The summed E-state index contributed by atoms with van der Waals surface area (Å²) in [5.41, 5.74) is -0.0889. The number of halogens is 1. The van der Waals surface area contributed by atoms with Crippen LogP contribution < -0.4 is 5.32 Å². The third-order valence-electron chi connectivity index (χ3n) is 2.48. The molecule has 0 bridgehead atoms. The summed E-state index contributed by atoms with van der Waals surface area (Å²) < 4.78 is 14.5. The summed E-state index contributed by atoms with van der Waals surface area (Å²) in [6.45, 7) is 0.304. The molecule has 0 aliphatic rings. The first kappa shape index (κ1) is 13.0. The number of aromatic nitrogens is 3. The maximum Gasteiger partial charge on any atom is 0.255 e. The van der Waals surface area contributed by atoms with E-state index in [2.05, 4.69) is 15.4 Å². The number of hydrogen-bond donors (Lipinski definition) is 2. The highest BCUT2D eigenvalue weighted by Crippen LogP contribution is 2.17. The Morgan fingerprint density at radius 3 is 3.00 bits per heavy atom. The zero-order valence-electron chi connectivity index (χ0n) is 10.3. The number of hydrogen-bond acceptors (Lipinski definition) is 4. The number of carbonyl (C=O) groups excluding carboxylic acids is 1. The second-order valence-corrected chi connectivity index (χ2v) is 4.00. The molecule has 7 heteroatoms. The molecule has 100 valence electrons. The van der Waals surface area contributed by atoms with Gasteiger partial charge in [-0.25, -0.2) is 9.37 Å². The van der Waals surface area contributed by atoms with Crippen LogP contribution in [0.15, 0.2) is 24.5 Å². The molecule has 0 unspecified atom stereocenters. The van der Waals surface area contributed by atoms with Crippen LogP contribution in [-0.2, 0) is 13.5 Å². The molecule has 2 aromatic rings. The summed E-state index contributed by atoms with van der Waals surface area (Å²) in [7, 11) is 1.75. The molecule has 2 rings (SSSR count). The second-order valence-electron chi connectivity index (χ2n) is 4.00. The van der Waals surface area contributed by atoms with Crippen molar-refractivity contribution in [1.29, 1.82) is 0 Å². The molecule has 19 heavy (non-hydrogen) atoms. The molecule has 1 aromatic carbocycles. The van der Waals surface area contributed by atoms with Crippen LogP contribution in [0.1, 0.15) is 16.2 Å². The third-order valence-corrected chi connectivity index (χ3v) is 2.48. The Morgan fingerprint density at radius 1 is 1.53 bits per heavy atom. The number of rotatable bonds is 4. The van der Waals surface area contributed by atoms with E-state index in [1.165, 1.54) is 0 Å². The molecule has 0 saturated carbocycles. The van der Waals surface area contributed by atoms with Crippen LogP contribution in [0.5, 0.6) is 5.75 Å². The van der Waals surface area contributed by atoms with Gasteiger partial charge >= 0.3 is 0 Å². The average molecular weight is 264 g/mol. The van der Waals surface area contributed by atoms with E-state index in [1.54, 1.807) is 18.1 Å². The smallest absolute Gasteiger partial charge is 0.255 e. The van der Waals surface area contributed by atoms with Gasteiger partial charge in [-0.05, 0) is 18.2 Å². The molecule has 0 saturated heterocycles. The fourth-order valence-electron chi connectivity index (χ4n) is 1.57. The van der Waals surface area contributed by atoms with Crippen LogP contribution in [0, 0.1) is 5.82 Å². The van der Waals surface area contributed by atoms with Gasteiger partial charge in [0.25, 0.3) is 5.91 Å². The van der Waals surface area contributed by atoms with Crippen molar-refractivity contribution in [3.05, 3.63) is 41.7 Å². The summed E-state index contributed by atoms with van der Waals surface area (Å²) in [6.07, 6.45) is 2.03. The summed E-state index contributed by atoms with van der Waals surface area (Å²) in [6, 6.07) is 3.22. The molecule has 1 heterocycles. The lowest BCUT2D eigenvalue weighted by molar-refractivity contribution is 0.0951. The van der Waals surface area contributed by atoms with Crippen molar-refractivity contribution >= 4 is 5.91 Å². The van der Waals surface area contributed by atoms with E-state index in [0.717, 1.165) is 18.2 Å². The van der Waals surface area contributed by atoms with Crippen LogP contribution in [0.4, 0.5) is 4.39 Å². The van der Waals surface area contributed by atoms with Crippen molar-refractivity contribution in [2.75, 3.05) is 6.54 Å². The Balaban J connectivity index is 1.92. The first-order valence-electron chi connectivity index (χ1n) is 5.67. The number of phenolic OH excluding ortho intramolecular Hbond substituents is 1. The first-order valence-corrected chi connectivity index (χ1v) is 5.67. The van der Waals surface area contributed by atoms with Gasteiger partial charge in [-0.2, -0.15) is 5.10 Å². The van der Waals surface area contributed by atoms with Crippen molar-refractivity contribution < 1.29 is 14.3 Å². The molecule has 0 radical (unpaired) electrons. The maximum atomic E-state index is 13.0. The number of benzene rings is 1. The van der Waals surface area contributed by atoms with Gasteiger partial charge in [0, 0.05) is 20.0 Å². The largest absolute Gasteiger partial charge is 0.507 e. The molecule has 0 fully saturated rings. The predicted octanol–water partition coefficient (Wildman–Crippen LogP) is 0.632. The minimum absolute atomic E-state index is 0.0889. The van der Waals surface area contributed by atoms with E-state index in [-0.39, 0.29) is 11.3 Å². The van der Waals surface area contributed by atoms with Crippen LogP contribution in [0.3, 0.4) is 0 Å². The number of nitrogens with one attached hydrogen (secondary N) is 1. The summed E-state index contributed by atoms with van der Waals surface area (Å²) in [4.78, 5) is 15.7. The van der Waals surface area contributed by atoms with Gasteiger partial charge in [-0.1, -0.05) is 0 Å². The van der Waals surface area contributed by atoms with Crippen LogP contribution >= 0.6 is 0 Å². The number of aryl methyl sites for hydroxylation is 1. The molecular formula is C12H13FN4O2.